The van der Waals surface area contributed by atoms with Crippen LogP contribution in [0.1, 0.15) is 132 Å². The number of rotatable bonds is 25. The lowest BCUT2D eigenvalue weighted by Crippen LogP contribution is -2.60. The number of carbonyl (C=O) groups is 16. The third kappa shape index (κ3) is 29.7. The minimum atomic E-state index is -1.57. The molecule has 131 heavy (non-hydrogen) atoms. The number of Topliss-reactive ketones (excluding diaryl/α,β-unsaturated/α-hetero) is 3. The summed E-state index contributed by atoms with van der Waals surface area (Å²) in [6, 6.07) is 30.8. The van der Waals surface area contributed by atoms with E-state index in [0.29, 0.717) is 57.1 Å². The summed E-state index contributed by atoms with van der Waals surface area (Å²) in [7, 11) is 5.56. The van der Waals surface area contributed by atoms with E-state index in [2.05, 4.69) is 36.9 Å². The Kier molecular flexibility index (Phi) is 38.5. The van der Waals surface area contributed by atoms with E-state index in [1.165, 1.54) is 84.2 Å². The molecule has 2 fully saturated rings. The molecule has 1 aromatic heterocycles. The van der Waals surface area contributed by atoms with Gasteiger partial charge in [0.1, 0.15) is 78.3 Å². The molecule has 0 bridgehead atoms. The third-order valence-corrected chi connectivity index (χ3v) is 25.0. The summed E-state index contributed by atoms with van der Waals surface area (Å²) in [5.41, 5.74) is 9.46. The Labute approximate surface area is 767 Å². The van der Waals surface area contributed by atoms with Crippen LogP contribution < -0.4 is 37.6 Å². The molecule has 33 heteroatoms. The van der Waals surface area contributed by atoms with Crippen molar-refractivity contribution >= 4 is 117 Å². The third-order valence-electron chi connectivity index (χ3n) is 24.0. The Morgan fingerprint density at radius 3 is 1.60 bits per heavy atom. The fourth-order valence-corrected chi connectivity index (χ4v) is 17.4. The van der Waals surface area contributed by atoms with E-state index in [-0.39, 0.29) is 100 Å². The quantitative estimate of drug-likeness (QED) is 0.0294. The van der Waals surface area contributed by atoms with E-state index in [4.69, 9.17) is 10.5 Å². The molecule has 0 unspecified atom stereocenters. The number of benzene rings is 6. The number of aromatic amines is 1. The predicted molar refractivity (Wildman–Crippen MR) is 493 cm³/mol. The molecule has 0 aliphatic carbocycles. The molecule has 3 heterocycles. The number of phenols is 2. The van der Waals surface area contributed by atoms with Gasteiger partial charge in [-0.3, -0.25) is 76.7 Å². The molecule has 700 valence electrons. The maximum absolute atomic E-state index is 15.8. The van der Waals surface area contributed by atoms with Crippen molar-refractivity contribution in [3.63, 3.8) is 0 Å². The van der Waals surface area contributed by atoms with Gasteiger partial charge in [-0.05, 0) is 101 Å². The molecule has 2 aliphatic rings. The summed E-state index contributed by atoms with van der Waals surface area (Å²) in [6.45, 7) is 7.67. The number of primary amides is 1. The van der Waals surface area contributed by atoms with Crippen molar-refractivity contribution in [1.29, 1.82) is 0 Å². The van der Waals surface area contributed by atoms with Crippen molar-refractivity contribution in [2.24, 2.45) is 29.4 Å². The van der Waals surface area contributed by atoms with Crippen molar-refractivity contribution < 1.29 is 91.7 Å². The number of thioether (sulfide) groups is 1. The molecular weight excluding hydrogens is 1700 g/mol. The molecule has 12 amide bonds. The second-order valence-corrected chi connectivity index (χ2v) is 35.7. The van der Waals surface area contributed by atoms with Crippen LogP contribution in [0.25, 0.3) is 10.9 Å². The number of hydrogen-bond acceptors (Lipinski definition) is 20. The van der Waals surface area contributed by atoms with Crippen LogP contribution in [-0.4, -0.2) is 254 Å². The lowest BCUT2D eigenvalue weighted by atomic mass is 9.84. The zero-order valence-corrected chi connectivity index (χ0v) is 76.5. The second-order valence-electron chi connectivity index (χ2n) is 34.7. The van der Waals surface area contributed by atoms with Crippen molar-refractivity contribution in [2.45, 2.75) is 198 Å². The Morgan fingerprint density at radius 2 is 1.03 bits per heavy atom. The molecule has 0 saturated carbocycles. The van der Waals surface area contributed by atoms with E-state index in [1.807, 2.05) is 13.0 Å². The van der Waals surface area contributed by atoms with Crippen molar-refractivity contribution in [3.05, 3.63) is 203 Å². The predicted octanol–water partition coefficient (Wildman–Crippen LogP) is 5.97. The minimum Gasteiger partial charge on any atom is -0.508 e. The largest absolute Gasteiger partial charge is 0.508 e. The maximum Gasteiger partial charge on any atom is 0.293 e. The molecule has 0 spiro atoms. The summed E-state index contributed by atoms with van der Waals surface area (Å²) >= 11 is 0.887. The zero-order valence-electron chi connectivity index (χ0n) is 75.7. The normalized spacial score (nSPS) is 22.9. The van der Waals surface area contributed by atoms with Gasteiger partial charge in [-0.2, -0.15) is 0 Å². The number of para-hydroxylation sites is 1. The molecule has 11 N–H and O–H groups in total. The number of hydrogen-bond donors (Lipinski definition) is 10. The van der Waals surface area contributed by atoms with Crippen LogP contribution in [0.3, 0.4) is 0 Å². The van der Waals surface area contributed by atoms with E-state index in [0.717, 1.165) is 16.7 Å². The van der Waals surface area contributed by atoms with Gasteiger partial charge in [0, 0.05) is 128 Å². The topological polar surface area (TPSA) is 453 Å². The SMILES string of the molecule is CCCC[C@H]1C(=O)N(C)CC(=O)C[C@@H](COC=O)C(=O)C[C@@H](C(C)C)C(=O)N(C)[C@@H](Cc2ccccc2)C(=O)N[C@@H](Cc2ccc(O)cc2)C(=O)N2CCC[C@H]2C(=O)N[C@@H](Cc2c[nH]c3ccccc23)C(=O)N[C@@H](Cc2ccc(O)cc2)C(=O)N[C@@H](CC(C)C)C(=O)N[C@H](C(=O)CCC(N)=O)CSCC(=O)N[C@@H](Cc2ccccc2)C(=O)N(C)[C@@H](Cc2ccccc2)C(=O)N1C. The number of amides is 12. The standard InChI is InChI=1S/C98H123N13O19S/c1-10-11-32-82-97(128)107(6)55-71(115)51-68(56-130-59-112)86(117)53-73(61(4)5)94(125)109(8)83(49-63-26-17-13-18-27-63)93(124)105-79(48-66-36-40-70(114)41-37-66)96(127)111-44-23-33-81(111)92(123)104-77(52-67-54-100-74-31-22-21-30-72(67)74)91(122)103-76(46-65-34-38-69(113)39-35-65)90(121)102-75(45-60(2)3)89(120)106-80(85(116)42-43-87(99)118)57-131-58-88(119)101-78(47-62-24-15-12-16-25-62)95(126)110(9)84(98(129)108(82)7)50-64-28-19-14-20-29-64/h12-22,24-31,34-41,54,59-61,68,73,75-84,100,113-114H,10-11,23,32-33,42-53,55-58H2,1-9H3,(H2,99,118)(H,101,119)(H,102,121)(H,103,122)(H,104,123)(H,105,124)(H,106,120)/t68-,73-,75-,76-,77-,78-,79-,80-,81-,82-,83-,84-/m0/s1. The molecule has 6 aromatic carbocycles. The van der Waals surface area contributed by atoms with Gasteiger partial charge in [-0.1, -0.05) is 181 Å². The van der Waals surface area contributed by atoms with Crippen LogP contribution in [-0.2, 0) is 120 Å². The monoisotopic (exact) mass is 1820 g/mol. The number of phenolic OH excluding ortho intramolecular Hbond substituents is 2. The van der Waals surface area contributed by atoms with Gasteiger partial charge in [0.2, 0.25) is 70.9 Å². The van der Waals surface area contributed by atoms with E-state index in [9.17, 15) is 39.0 Å². The average Bonchev–Trinajstić information content (AvgIpc) is 1.15. The number of unbranched alkanes of at least 4 members (excludes halogenated alkanes) is 1. The summed E-state index contributed by atoms with van der Waals surface area (Å²) in [4.78, 5) is 246. The summed E-state index contributed by atoms with van der Waals surface area (Å²) < 4.78 is 5.18. The van der Waals surface area contributed by atoms with Gasteiger partial charge in [-0.15, -0.1) is 11.8 Å². The average molecular weight is 1820 g/mol. The maximum atomic E-state index is 15.8. The van der Waals surface area contributed by atoms with Crippen LogP contribution in [0.4, 0.5) is 0 Å². The van der Waals surface area contributed by atoms with Crippen LogP contribution in [0.15, 0.2) is 170 Å². The number of ether oxygens (including phenoxy) is 1. The lowest BCUT2D eigenvalue weighted by Gasteiger charge is -2.37. The fraction of sp³-hybridized carbons (Fsp3) is 0.449. The smallest absolute Gasteiger partial charge is 0.293 e. The minimum absolute atomic E-state index is 0.0292. The Morgan fingerprint density at radius 1 is 0.527 bits per heavy atom. The van der Waals surface area contributed by atoms with Gasteiger partial charge in [0.05, 0.1) is 24.3 Å². The van der Waals surface area contributed by atoms with Crippen molar-refractivity contribution in [2.75, 3.05) is 59.4 Å². The summed E-state index contributed by atoms with van der Waals surface area (Å²) in [6.07, 6.45) is -0.0851. The number of nitrogens with zero attached hydrogens (tertiary/aromatic N) is 5. The summed E-state index contributed by atoms with van der Waals surface area (Å²) in [5.74, 6) is -15.9. The summed E-state index contributed by atoms with van der Waals surface area (Å²) in [5, 5.41) is 38.7. The van der Waals surface area contributed by atoms with Gasteiger partial charge >= 0.3 is 0 Å². The molecule has 0 radical (unpaired) electrons. The first-order chi connectivity index (χ1) is 62.6. The first kappa shape index (κ1) is 102. The first-order valence-electron chi connectivity index (χ1n) is 44.5. The molecule has 32 nitrogen and oxygen atoms in total. The number of aromatic nitrogens is 1. The van der Waals surface area contributed by atoms with Gasteiger partial charge in [-0.25, -0.2) is 0 Å². The molecule has 7 aromatic rings. The Bertz CT molecular complexity index is 5120. The highest BCUT2D eigenvalue weighted by Crippen LogP contribution is 2.29. The number of likely N-dealkylation sites (N-methyl/N-ethyl adjacent to an activating group) is 4. The van der Waals surface area contributed by atoms with Crippen LogP contribution in [0, 0.1) is 23.7 Å². The molecule has 2 aliphatic heterocycles. The number of nitrogens with one attached hydrogen (secondary N) is 7. The van der Waals surface area contributed by atoms with Crippen LogP contribution >= 0.6 is 11.8 Å². The van der Waals surface area contributed by atoms with E-state index >= 15 is 47.9 Å². The number of ketones is 3. The van der Waals surface area contributed by atoms with Crippen LogP contribution in [0.5, 0.6) is 11.5 Å². The van der Waals surface area contributed by atoms with Crippen molar-refractivity contribution in [1.82, 2.24) is 61.4 Å². The Balaban J connectivity index is 1.12. The highest BCUT2D eigenvalue weighted by Gasteiger charge is 2.45. The number of fused-ring (bicyclic) bond motifs is 2. The van der Waals surface area contributed by atoms with Gasteiger partial charge in [0.15, 0.2) is 11.6 Å². The molecule has 9 rings (SSSR count). The van der Waals surface area contributed by atoms with E-state index in [1.54, 1.807) is 155 Å². The number of nitrogens with two attached hydrogens (primary N) is 1. The molecule has 12 atom stereocenters. The number of H-pyrrole nitrogens is 1. The first-order valence-corrected chi connectivity index (χ1v) is 45.6. The fourth-order valence-electron chi connectivity index (χ4n) is 16.5. The zero-order chi connectivity index (χ0) is 95.1. The highest BCUT2D eigenvalue weighted by molar-refractivity contribution is 8.00. The lowest BCUT2D eigenvalue weighted by molar-refractivity contribution is -0.151. The van der Waals surface area contributed by atoms with Gasteiger partial charge in [0.25, 0.3) is 6.47 Å². The molecular formula is C98H123N13O19S. The number of carbonyl (C=O) groups excluding carboxylic acids is 16. The Hall–Kier alpha value is -13.1. The molecule has 2 saturated heterocycles. The van der Waals surface area contributed by atoms with E-state index < -0.39 is 211 Å². The van der Waals surface area contributed by atoms with Gasteiger partial charge < -0.3 is 82.1 Å². The van der Waals surface area contributed by atoms with Crippen molar-refractivity contribution in [3.8, 4) is 11.5 Å². The highest BCUT2D eigenvalue weighted by atomic mass is 32.2. The van der Waals surface area contributed by atoms with Crippen LogP contribution in [0.2, 0.25) is 0 Å². The number of aromatic hydroxyl groups is 2. The second kappa shape index (κ2) is 49.6.